The molecule has 0 bridgehead atoms. The third-order valence-corrected chi connectivity index (χ3v) is 3.90. The third-order valence-electron chi connectivity index (χ3n) is 3.90. The Bertz CT molecular complexity index is 461. The molecular weight excluding hydrogens is 270 g/mol. The summed E-state index contributed by atoms with van der Waals surface area (Å²) in [6, 6.07) is 3.37. The van der Waals surface area contributed by atoms with Crippen LogP contribution in [0, 0.1) is 0 Å². The van der Waals surface area contributed by atoms with E-state index in [0.717, 1.165) is 13.1 Å². The summed E-state index contributed by atoms with van der Waals surface area (Å²) in [7, 11) is 0. The lowest BCUT2D eigenvalue weighted by Gasteiger charge is -2.35. The smallest absolute Gasteiger partial charge is 0.289 e. The summed E-state index contributed by atoms with van der Waals surface area (Å²) in [5.74, 6) is 0.401. The molecule has 6 nitrogen and oxygen atoms in total. The van der Waals surface area contributed by atoms with Gasteiger partial charge in [-0.3, -0.25) is 14.5 Å². The number of amides is 2. The summed E-state index contributed by atoms with van der Waals surface area (Å²) in [4.78, 5) is 30.0. The molecule has 1 fully saturated rings. The number of carbonyl (C=O) groups is 2. The normalized spacial score (nSPS) is 15.6. The Kier molecular flexibility index (Phi) is 5.38. The molecule has 0 N–H and O–H groups in total. The standard InChI is InChI=1S/C15H23N3O3/c1-3-16(4-2)12-14(19)17-7-9-18(10-8-17)15(20)13-6-5-11-21-13/h5-6,11H,3-4,7-10,12H2,1-2H3. The molecule has 2 rings (SSSR count). The minimum absolute atomic E-state index is 0.101. The fraction of sp³-hybridized carbons (Fsp3) is 0.600. The lowest BCUT2D eigenvalue weighted by Crippen LogP contribution is -2.52. The van der Waals surface area contributed by atoms with Gasteiger partial charge in [0.1, 0.15) is 0 Å². The number of likely N-dealkylation sites (N-methyl/N-ethyl adjacent to an activating group) is 1. The van der Waals surface area contributed by atoms with Crippen molar-refractivity contribution in [2.75, 3.05) is 45.8 Å². The molecule has 1 aliphatic rings. The van der Waals surface area contributed by atoms with Gasteiger partial charge in [-0.25, -0.2) is 0 Å². The van der Waals surface area contributed by atoms with Gasteiger partial charge in [-0.2, -0.15) is 0 Å². The van der Waals surface area contributed by atoms with Crippen LogP contribution >= 0.6 is 0 Å². The fourth-order valence-electron chi connectivity index (χ4n) is 2.45. The molecule has 0 aromatic carbocycles. The van der Waals surface area contributed by atoms with E-state index in [4.69, 9.17) is 4.42 Å². The van der Waals surface area contributed by atoms with Crippen LogP contribution in [0.5, 0.6) is 0 Å². The molecule has 0 spiro atoms. The van der Waals surface area contributed by atoms with Crippen LogP contribution in [-0.4, -0.2) is 72.3 Å². The molecule has 21 heavy (non-hydrogen) atoms. The molecule has 1 aliphatic heterocycles. The van der Waals surface area contributed by atoms with E-state index in [9.17, 15) is 9.59 Å². The fourth-order valence-corrected chi connectivity index (χ4v) is 2.45. The van der Waals surface area contributed by atoms with Gasteiger partial charge in [0.15, 0.2) is 5.76 Å². The van der Waals surface area contributed by atoms with Gasteiger partial charge < -0.3 is 14.2 Å². The third kappa shape index (κ3) is 3.85. The van der Waals surface area contributed by atoms with Crippen LogP contribution < -0.4 is 0 Å². The monoisotopic (exact) mass is 293 g/mol. The molecule has 1 aromatic rings. The summed E-state index contributed by atoms with van der Waals surface area (Å²) in [6.45, 7) is 8.61. The van der Waals surface area contributed by atoms with Crippen LogP contribution in [0.1, 0.15) is 24.4 Å². The number of furan rings is 1. The average molecular weight is 293 g/mol. The minimum Gasteiger partial charge on any atom is -0.459 e. The first kappa shape index (κ1) is 15.6. The summed E-state index contributed by atoms with van der Waals surface area (Å²) in [5, 5.41) is 0. The van der Waals surface area contributed by atoms with Crippen LogP contribution in [0.2, 0.25) is 0 Å². The number of hydrogen-bond acceptors (Lipinski definition) is 4. The average Bonchev–Trinajstić information content (AvgIpc) is 3.06. The van der Waals surface area contributed by atoms with E-state index in [-0.39, 0.29) is 11.8 Å². The van der Waals surface area contributed by atoms with Crippen LogP contribution in [0.25, 0.3) is 0 Å². The van der Waals surface area contributed by atoms with Crippen molar-refractivity contribution in [2.24, 2.45) is 0 Å². The maximum atomic E-state index is 12.2. The van der Waals surface area contributed by atoms with Crippen molar-refractivity contribution >= 4 is 11.8 Å². The molecule has 0 atom stereocenters. The van der Waals surface area contributed by atoms with E-state index in [2.05, 4.69) is 18.7 Å². The van der Waals surface area contributed by atoms with Gasteiger partial charge in [0.25, 0.3) is 5.91 Å². The zero-order chi connectivity index (χ0) is 15.2. The van der Waals surface area contributed by atoms with E-state index in [0.29, 0.717) is 38.5 Å². The van der Waals surface area contributed by atoms with Gasteiger partial charge in [0.2, 0.25) is 5.91 Å². The summed E-state index contributed by atoms with van der Waals surface area (Å²) in [5.41, 5.74) is 0. The second kappa shape index (κ2) is 7.26. The Morgan fingerprint density at radius 1 is 1.14 bits per heavy atom. The molecule has 2 amide bonds. The molecular formula is C15H23N3O3. The largest absolute Gasteiger partial charge is 0.459 e. The minimum atomic E-state index is -0.101. The summed E-state index contributed by atoms with van der Waals surface area (Å²) >= 11 is 0. The number of piperazine rings is 1. The van der Waals surface area contributed by atoms with Gasteiger partial charge in [-0.15, -0.1) is 0 Å². The second-order valence-electron chi connectivity index (χ2n) is 5.11. The van der Waals surface area contributed by atoms with Gasteiger partial charge >= 0.3 is 0 Å². The van der Waals surface area contributed by atoms with Crippen molar-refractivity contribution in [3.8, 4) is 0 Å². The predicted molar refractivity (Wildman–Crippen MR) is 79.0 cm³/mol. The van der Waals surface area contributed by atoms with Gasteiger partial charge in [0.05, 0.1) is 12.8 Å². The lowest BCUT2D eigenvalue weighted by atomic mass is 10.2. The topological polar surface area (TPSA) is 57.0 Å². The maximum Gasteiger partial charge on any atom is 0.289 e. The zero-order valence-electron chi connectivity index (χ0n) is 12.7. The van der Waals surface area contributed by atoms with Crippen LogP contribution in [0.4, 0.5) is 0 Å². The molecule has 116 valence electrons. The van der Waals surface area contributed by atoms with Crippen LogP contribution in [0.15, 0.2) is 22.8 Å². The van der Waals surface area contributed by atoms with Gasteiger partial charge in [-0.1, -0.05) is 13.8 Å². The Balaban J connectivity index is 1.83. The maximum absolute atomic E-state index is 12.2. The van der Waals surface area contributed by atoms with Crippen LogP contribution in [-0.2, 0) is 4.79 Å². The van der Waals surface area contributed by atoms with Crippen molar-refractivity contribution in [2.45, 2.75) is 13.8 Å². The molecule has 1 saturated heterocycles. The number of carbonyl (C=O) groups excluding carboxylic acids is 2. The molecule has 0 unspecified atom stereocenters. The predicted octanol–water partition coefficient (Wildman–Crippen LogP) is 0.906. The highest BCUT2D eigenvalue weighted by atomic mass is 16.3. The molecule has 1 aromatic heterocycles. The molecule has 0 radical (unpaired) electrons. The first-order chi connectivity index (χ1) is 10.2. The SMILES string of the molecule is CCN(CC)CC(=O)N1CCN(C(=O)c2ccco2)CC1. The van der Waals surface area contributed by atoms with Gasteiger partial charge in [-0.05, 0) is 25.2 Å². The molecule has 2 heterocycles. The number of rotatable bonds is 5. The first-order valence-corrected chi connectivity index (χ1v) is 7.48. The molecule has 0 saturated carbocycles. The van der Waals surface area contributed by atoms with Crippen LogP contribution in [0.3, 0.4) is 0 Å². The van der Waals surface area contributed by atoms with E-state index in [1.165, 1.54) is 6.26 Å². The first-order valence-electron chi connectivity index (χ1n) is 7.48. The highest BCUT2D eigenvalue weighted by Crippen LogP contribution is 2.09. The molecule has 6 heteroatoms. The zero-order valence-corrected chi connectivity index (χ0v) is 12.7. The summed E-state index contributed by atoms with van der Waals surface area (Å²) in [6.07, 6.45) is 1.50. The van der Waals surface area contributed by atoms with Gasteiger partial charge in [0, 0.05) is 26.2 Å². The van der Waals surface area contributed by atoms with E-state index < -0.39 is 0 Å². The Labute approximate surface area is 125 Å². The van der Waals surface area contributed by atoms with E-state index >= 15 is 0 Å². The van der Waals surface area contributed by atoms with E-state index in [1.54, 1.807) is 17.0 Å². The van der Waals surface area contributed by atoms with Crippen molar-refractivity contribution in [3.63, 3.8) is 0 Å². The van der Waals surface area contributed by atoms with Crippen molar-refractivity contribution in [1.82, 2.24) is 14.7 Å². The van der Waals surface area contributed by atoms with Crippen molar-refractivity contribution in [1.29, 1.82) is 0 Å². The lowest BCUT2D eigenvalue weighted by molar-refractivity contribution is -0.133. The van der Waals surface area contributed by atoms with Crippen molar-refractivity contribution in [3.05, 3.63) is 24.2 Å². The number of hydrogen-bond donors (Lipinski definition) is 0. The van der Waals surface area contributed by atoms with E-state index in [1.807, 2.05) is 4.90 Å². The Morgan fingerprint density at radius 2 is 1.76 bits per heavy atom. The molecule has 0 aliphatic carbocycles. The highest BCUT2D eigenvalue weighted by molar-refractivity contribution is 5.91. The quantitative estimate of drug-likeness (QED) is 0.809. The summed E-state index contributed by atoms with van der Waals surface area (Å²) < 4.78 is 5.13. The Morgan fingerprint density at radius 3 is 2.29 bits per heavy atom. The highest BCUT2D eigenvalue weighted by Gasteiger charge is 2.26. The Hall–Kier alpha value is -1.82. The second-order valence-corrected chi connectivity index (χ2v) is 5.11. The number of nitrogens with zero attached hydrogens (tertiary/aromatic N) is 3. The van der Waals surface area contributed by atoms with Crippen molar-refractivity contribution < 1.29 is 14.0 Å².